The minimum absolute atomic E-state index is 0.0649. The Morgan fingerprint density at radius 1 is 1.40 bits per heavy atom. The van der Waals surface area contributed by atoms with Crippen LogP contribution in [-0.2, 0) is 0 Å². The molecular weight excluding hydrogens is 254 g/mol. The second-order valence-corrected chi connectivity index (χ2v) is 3.66. The van der Waals surface area contributed by atoms with Crippen LogP contribution in [0.3, 0.4) is 0 Å². The van der Waals surface area contributed by atoms with Crippen LogP contribution < -0.4 is 0 Å². The van der Waals surface area contributed by atoms with Gasteiger partial charge in [0.05, 0.1) is 6.54 Å². The fourth-order valence-electron chi connectivity index (χ4n) is 1.01. The van der Waals surface area contributed by atoms with E-state index in [9.17, 15) is 13.2 Å². The largest absolute Gasteiger partial charge is 0.401 e. The van der Waals surface area contributed by atoms with Crippen molar-refractivity contribution in [2.24, 2.45) is 0 Å². The normalized spacial score (nSPS) is 13.7. The summed E-state index contributed by atoms with van der Waals surface area (Å²) in [7, 11) is 0. The standard InChI is InChI=1S/C8H12Cl2F3NO/c9-4-7(10)5-14(2-1-3-15)6-8(11,12)13/h4,15H,1-3,5-6H2. The lowest BCUT2D eigenvalue weighted by Gasteiger charge is -2.22. The van der Waals surface area contributed by atoms with Crippen molar-refractivity contribution in [3.05, 3.63) is 10.6 Å². The monoisotopic (exact) mass is 265 g/mol. The van der Waals surface area contributed by atoms with E-state index in [0.717, 1.165) is 10.4 Å². The summed E-state index contributed by atoms with van der Waals surface area (Å²) in [4.78, 5) is 1.08. The Bertz CT molecular complexity index is 209. The molecule has 2 nitrogen and oxygen atoms in total. The summed E-state index contributed by atoms with van der Waals surface area (Å²) in [5.41, 5.74) is 1.03. The summed E-state index contributed by atoms with van der Waals surface area (Å²) < 4.78 is 36.3. The van der Waals surface area contributed by atoms with Gasteiger partial charge >= 0.3 is 6.18 Å². The molecule has 0 saturated heterocycles. The minimum atomic E-state index is -4.28. The summed E-state index contributed by atoms with van der Waals surface area (Å²) in [6.45, 7) is -1.16. The lowest BCUT2D eigenvalue weighted by Crippen LogP contribution is -2.36. The molecule has 7 heteroatoms. The number of aliphatic hydroxyl groups is 1. The van der Waals surface area contributed by atoms with Gasteiger partial charge in [0.1, 0.15) is 0 Å². The van der Waals surface area contributed by atoms with Gasteiger partial charge in [-0.1, -0.05) is 23.2 Å². The van der Waals surface area contributed by atoms with Gasteiger partial charge in [-0.25, -0.2) is 0 Å². The number of rotatable bonds is 6. The summed E-state index contributed by atoms with van der Waals surface area (Å²) in [5.74, 6) is 0. The molecule has 0 aromatic heterocycles. The van der Waals surface area contributed by atoms with Crippen molar-refractivity contribution < 1.29 is 18.3 Å². The lowest BCUT2D eigenvalue weighted by molar-refractivity contribution is -0.145. The maximum Gasteiger partial charge on any atom is 0.401 e. The fraction of sp³-hybridized carbons (Fsp3) is 0.750. The van der Waals surface area contributed by atoms with Crippen LogP contribution in [0.25, 0.3) is 0 Å². The zero-order valence-electron chi connectivity index (χ0n) is 7.90. The average Bonchev–Trinajstić information content (AvgIpc) is 2.11. The van der Waals surface area contributed by atoms with Gasteiger partial charge in [0.15, 0.2) is 0 Å². The third-order valence-electron chi connectivity index (χ3n) is 1.53. The highest BCUT2D eigenvalue weighted by molar-refractivity contribution is 6.36. The van der Waals surface area contributed by atoms with Crippen LogP contribution in [0.4, 0.5) is 13.2 Å². The molecule has 0 aliphatic rings. The van der Waals surface area contributed by atoms with E-state index in [4.69, 9.17) is 28.3 Å². The van der Waals surface area contributed by atoms with Crippen molar-refractivity contribution in [2.45, 2.75) is 12.6 Å². The topological polar surface area (TPSA) is 23.5 Å². The molecule has 0 aliphatic heterocycles. The lowest BCUT2D eigenvalue weighted by atomic mass is 10.3. The number of nitrogens with zero attached hydrogens (tertiary/aromatic N) is 1. The average molecular weight is 266 g/mol. The van der Waals surface area contributed by atoms with Crippen molar-refractivity contribution in [1.82, 2.24) is 4.90 Å². The van der Waals surface area contributed by atoms with Crippen LogP contribution in [0, 0.1) is 0 Å². The number of alkyl halides is 3. The van der Waals surface area contributed by atoms with Crippen LogP contribution in [0.1, 0.15) is 6.42 Å². The quantitative estimate of drug-likeness (QED) is 0.798. The first-order valence-electron chi connectivity index (χ1n) is 4.23. The van der Waals surface area contributed by atoms with Crippen LogP contribution >= 0.6 is 23.2 Å². The molecule has 0 aromatic carbocycles. The van der Waals surface area contributed by atoms with Crippen molar-refractivity contribution in [1.29, 1.82) is 0 Å². The van der Waals surface area contributed by atoms with E-state index in [2.05, 4.69) is 0 Å². The van der Waals surface area contributed by atoms with Crippen LogP contribution in [0.5, 0.6) is 0 Å². The molecule has 0 unspecified atom stereocenters. The Labute approximate surface area is 96.3 Å². The van der Waals surface area contributed by atoms with Crippen molar-refractivity contribution in [3.8, 4) is 0 Å². The SMILES string of the molecule is OCCCN(CC(Cl)=CCl)CC(F)(F)F. The van der Waals surface area contributed by atoms with E-state index in [1.165, 1.54) is 0 Å². The van der Waals surface area contributed by atoms with Gasteiger partial charge in [0.25, 0.3) is 0 Å². The van der Waals surface area contributed by atoms with Gasteiger partial charge < -0.3 is 5.11 Å². The third kappa shape index (κ3) is 8.99. The van der Waals surface area contributed by atoms with Crippen molar-refractivity contribution in [3.63, 3.8) is 0 Å². The molecule has 0 spiro atoms. The second-order valence-electron chi connectivity index (χ2n) is 2.96. The number of aliphatic hydroxyl groups excluding tert-OH is 1. The van der Waals surface area contributed by atoms with E-state index < -0.39 is 12.7 Å². The van der Waals surface area contributed by atoms with Crippen LogP contribution in [-0.4, -0.2) is 42.4 Å². The molecule has 15 heavy (non-hydrogen) atoms. The molecule has 0 fully saturated rings. The van der Waals surface area contributed by atoms with Gasteiger partial charge in [-0.2, -0.15) is 13.2 Å². The van der Waals surface area contributed by atoms with Gasteiger partial charge in [-0.3, -0.25) is 4.90 Å². The van der Waals surface area contributed by atoms with E-state index in [-0.39, 0.29) is 31.1 Å². The molecule has 0 rings (SSSR count). The van der Waals surface area contributed by atoms with Crippen molar-refractivity contribution in [2.75, 3.05) is 26.2 Å². The Morgan fingerprint density at radius 3 is 2.40 bits per heavy atom. The van der Waals surface area contributed by atoms with Gasteiger partial charge in [-0.15, -0.1) is 0 Å². The number of hydrogen-bond donors (Lipinski definition) is 1. The van der Waals surface area contributed by atoms with E-state index in [1.807, 2.05) is 0 Å². The summed E-state index contributed by atoms with van der Waals surface area (Å²) in [6.07, 6.45) is -4.01. The Balaban J connectivity index is 4.18. The Morgan fingerprint density at radius 2 is 2.00 bits per heavy atom. The maximum absolute atomic E-state index is 12.1. The molecule has 0 aromatic rings. The minimum Gasteiger partial charge on any atom is -0.396 e. The maximum atomic E-state index is 12.1. The number of hydrogen-bond acceptors (Lipinski definition) is 2. The molecule has 0 atom stereocenters. The first-order chi connectivity index (χ1) is 6.89. The first kappa shape index (κ1) is 15.0. The summed E-state index contributed by atoms with van der Waals surface area (Å²) in [6, 6.07) is 0. The zero-order chi connectivity index (χ0) is 11.9. The van der Waals surface area contributed by atoms with Crippen molar-refractivity contribution >= 4 is 23.2 Å². The van der Waals surface area contributed by atoms with Gasteiger partial charge in [-0.05, 0) is 6.42 Å². The zero-order valence-corrected chi connectivity index (χ0v) is 9.41. The fourth-order valence-corrected chi connectivity index (χ4v) is 1.25. The molecule has 0 radical (unpaired) electrons. The smallest absolute Gasteiger partial charge is 0.396 e. The second kappa shape index (κ2) is 7.33. The van der Waals surface area contributed by atoms with Crippen LogP contribution in [0.2, 0.25) is 0 Å². The molecule has 0 bridgehead atoms. The van der Waals surface area contributed by atoms with E-state index in [1.54, 1.807) is 0 Å². The van der Waals surface area contributed by atoms with E-state index >= 15 is 0 Å². The highest BCUT2D eigenvalue weighted by atomic mass is 35.5. The third-order valence-corrected chi connectivity index (χ3v) is 2.13. The van der Waals surface area contributed by atoms with E-state index in [0.29, 0.717) is 0 Å². The summed E-state index contributed by atoms with van der Waals surface area (Å²) >= 11 is 10.8. The molecule has 0 amide bonds. The van der Waals surface area contributed by atoms with Gasteiger partial charge in [0.2, 0.25) is 0 Å². The molecular formula is C8H12Cl2F3NO. The highest BCUT2D eigenvalue weighted by Crippen LogP contribution is 2.18. The predicted octanol–water partition coefficient (Wildman–Crippen LogP) is 2.55. The summed E-state index contributed by atoms with van der Waals surface area (Å²) in [5, 5.41) is 8.66. The molecule has 0 aliphatic carbocycles. The molecule has 0 heterocycles. The molecule has 90 valence electrons. The number of halogens is 5. The van der Waals surface area contributed by atoms with Crippen LogP contribution in [0.15, 0.2) is 10.6 Å². The predicted molar refractivity (Wildman–Crippen MR) is 54.0 cm³/mol. The van der Waals surface area contributed by atoms with Gasteiger partial charge in [0, 0.05) is 30.3 Å². The Hall–Kier alpha value is 0.0300. The highest BCUT2D eigenvalue weighted by Gasteiger charge is 2.30. The first-order valence-corrected chi connectivity index (χ1v) is 5.05. The molecule has 0 saturated carbocycles. The molecule has 1 N–H and O–H groups in total. The Kier molecular flexibility index (Phi) is 7.34.